The lowest BCUT2D eigenvalue weighted by molar-refractivity contribution is -0.122. The van der Waals surface area contributed by atoms with E-state index < -0.39 is 5.60 Å². The van der Waals surface area contributed by atoms with Crippen LogP contribution in [0.2, 0.25) is 0 Å². The van der Waals surface area contributed by atoms with Gasteiger partial charge in [0.15, 0.2) is 6.29 Å². The summed E-state index contributed by atoms with van der Waals surface area (Å²) in [6, 6.07) is 5.43. The molecule has 0 spiro atoms. The summed E-state index contributed by atoms with van der Waals surface area (Å²) in [6.07, 6.45) is 0.799. The van der Waals surface area contributed by atoms with Gasteiger partial charge >= 0.3 is 0 Å². The number of aldehydes is 1. The van der Waals surface area contributed by atoms with Gasteiger partial charge in [-0.1, -0.05) is 15.9 Å². The lowest BCUT2D eigenvalue weighted by atomic mass is 9.98. The summed E-state index contributed by atoms with van der Waals surface area (Å²) in [5.74, 6) is 0.704. The van der Waals surface area contributed by atoms with Crippen LogP contribution in [0.15, 0.2) is 22.7 Å². The molecule has 82 valence electrons. The molecule has 0 heterocycles. The lowest BCUT2D eigenvalue weighted by Gasteiger charge is -2.17. The molecule has 1 atom stereocenters. The van der Waals surface area contributed by atoms with Gasteiger partial charge in [0.05, 0.1) is 7.11 Å². The van der Waals surface area contributed by atoms with Crippen LogP contribution in [0.5, 0.6) is 5.75 Å². The molecule has 0 amide bonds. The molecule has 4 heteroatoms. The first-order chi connectivity index (χ1) is 6.98. The zero-order valence-corrected chi connectivity index (χ0v) is 10.2. The van der Waals surface area contributed by atoms with Gasteiger partial charge in [0.2, 0.25) is 0 Å². The van der Waals surface area contributed by atoms with Gasteiger partial charge < -0.3 is 14.6 Å². The Bertz CT molecular complexity index is 361. The van der Waals surface area contributed by atoms with Crippen molar-refractivity contribution < 1.29 is 14.6 Å². The van der Waals surface area contributed by atoms with Crippen LogP contribution in [-0.2, 0) is 11.2 Å². The monoisotopic (exact) mass is 272 g/mol. The molecule has 0 saturated carbocycles. The van der Waals surface area contributed by atoms with Gasteiger partial charge in [0, 0.05) is 10.9 Å². The van der Waals surface area contributed by atoms with Gasteiger partial charge in [-0.3, -0.25) is 0 Å². The predicted molar refractivity (Wildman–Crippen MR) is 61.1 cm³/mol. The van der Waals surface area contributed by atoms with E-state index in [1.165, 1.54) is 6.92 Å². The molecule has 0 aliphatic heterocycles. The summed E-state index contributed by atoms with van der Waals surface area (Å²) in [4.78, 5) is 10.6. The molecular formula is C11H13BrO3. The number of aliphatic hydroxyl groups is 1. The molecule has 0 fully saturated rings. The van der Waals surface area contributed by atoms with Crippen molar-refractivity contribution in [2.24, 2.45) is 0 Å². The zero-order valence-electron chi connectivity index (χ0n) is 8.66. The van der Waals surface area contributed by atoms with E-state index in [1.54, 1.807) is 13.2 Å². The first-order valence-electron chi connectivity index (χ1n) is 4.49. The minimum atomic E-state index is -1.34. The normalized spacial score (nSPS) is 14.4. The van der Waals surface area contributed by atoms with Crippen LogP contribution in [0.4, 0.5) is 0 Å². The van der Waals surface area contributed by atoms with Gasteiger partial charge in [0.25, 0.3) is 0 Å². The van der Waals surface area contributed by atoms with Gasteiger partial charge in [-0.15, -0.1) is 0 Å². The van der Waals surface area contributed by atoms with Crippen molar-refractivity contribution >= 4 is 22.2 Å². The van der Waals surface area contributed by atoms with E-state index in [9.17, 15) is 9.90 Å². The fourth-order valence-electron chi connectivity index (χ4n) is 1.24. The predicted octanol–water partition coefficient (Wildman–Crippen LogP) is 1.95. The molecule has 1 unspecified atom stereocenters. The van der Waals surface area contributed by atoms with Crippen LogP contribution in [-0.4, -0.2) is 24.1 Å². The Morgan fingerprint density at radius 1 is 1.60 bits per heavy atom. The minimum absolute atomic E-state index is 0.258. The number of hydrogen-bond acceptors (Lipinski definition) is 3. The Labute approximate surface area is 97.2 Å². The molecule has 15 heavy (non-hydrogen) atoms. The number of benzene rings is 1. The van der Waals surface area contributed by atoms with E-state index in [2.05, 4.69) is 15.9 Å². The lowest BCUT2D eigenvalue weighted by Crippen LogP contribution is -2.28. The summed E-state index contributed by atoms with van der Waals surface area (Å²) in [5, 5.41) is 9.63. The quantitative estimate of drug-likeness (QED) is 0.853. The first kappa shape index (κ1) is 12.2. The minimum Gasteiger partial charge on any atom is -0.497 e. The van der Waals surface area contributed by atoms with E-state index >= 15 is 0 Å². The summed E-state index contributed by atoms with van der Waals surface area (Å²) >= 11 is 3.36. The smallest absolute Gasteiger partial charge is 0.151 e. The van der Waals surface area contributed by atoms with Crippen molar-refractivity contribution in [2.45, 2.75) is 18.9 Å². The number of carbonyl (C=O) groups excluding carboxylic acids is 1. The van der Waals surface area contributed by atoms with E-state index in [0.717, 1.165) is 10.0 Å². The van der Waals surface area contributed by atoms with Crippen molar-refractivity contribution in [2.75, 3.05) is 7.11 Å². The molecule has 0 aliphatic carbocycles. The highest BCUT2D eigenvalue weighted by Crippen LogP contribution is 2.25. The molecule has 0 aromatic heterocycles. The van der Waals surface area contributed by atoms with Crippen LogP contribution in [0.3, 0.4) is 0 Å². The number of ether oxygens (including phenoxy) is 1. The van der Waals surface area contributed by atoms with Gasteiger partial charge in [-0.05, 0) is 30.7 Å². The number of hydrogen-bond donors (Lipinski definition) is 1. The summed E-state index contributed by atoms with van der Waals surface area (Å²) in [6.45, 7) is 1.48. The largest absolute Gasteiger partial charge is 0.497 e. The third kappa shape index (κ3) is 3.32. The third-order valence-electron chi connectivity index (χ3n) is 2.06. The number of carbonyl (C=O) groups is 1. The average molecular weight is 273 g/mol. The number of halogens is 1. The van der Waals surface area contributed by atoms with Crippen LogP contribution in [0.1, 0.15) is 12.5 Å². The second-order valence-electron chi connectivity index (χ2n) is 3.61. The zero-order chi connectivity index (χ0) is 11.5. The number of rotatable bonds is 4. The molecule has 1 N–H and O–H groups in total. The first-order valence-corrected chi connectivity index (χ1v) is 5.29. The fraction of sp³-hybridized carbons (Fsp3) is 0.364. The SMILES string of the molecule is COc1ccc(Br)c(CC(C)(O)C=O)c1. The van der Waals surface area contributed by atoms with Gasteiger partial charge in [0.1, 0.15) is 11.4 Å². The summed E-state index contributed by atoms with van der Waals surface area (Å²) in [5.41, 5.74) is -0.499. The van der Waals surface area contributed by atoms with Crippen molar-refractivity contribution in [1.29, 1.82) is 0 Å². The Morgan fingerprint density at radius 2 is 2.27 bits per heavy atom. The summed E-state index contributed by atoms with van der Waals surface area (Å²) in [7, 11) is 1.57. The third-order valence-corrected chi connectivity index (χ3v) is 2.83. The standard InChI is InChI=1S/C11H13BrO3/c1-11(14,7-13)6-8-5-9(15-2)3-4-10(8)12/h3-5,7,14H,6H2,1-2H3. The van der Waals surface area contributed by atoms with E-state index in [4.69, 9.17) is 4.74 Å². The van der Waals surface area contributed by atoms with Crippen molar-refractivity contribution in [1.82, 2.24) is 0 Å². The van der Waals surface area contributed by atoms with Gasteiger partial charge in [-0.25, -0.2) is 0 Å². The van der Waals surface area contributed by atoms with Crippen LogP contribution >= 0.6 is 15.9 Å². The molecule has 0 saturated heterocycles. The van der Waals surface area contributed by atoms with Crippen LogP contribution in [0.25, 0.3) is 0 Å². The maximum Gasteiger partial charge on any atom is 0.151 e. The number of methoxy groups -OCH3 is 1. The molecule has 1 rings (SSSR count). The van der Waals surface area contributed by atoms with Crippen molar-refractivity contribution in [3.8, 4) is 5.75 Å². The van der Waals surface area contributed by atoms with Crippen molar-refractivity contribution in [3.05, 3.63) is 28.2 Å². The second kappa shape index (κ2) is 4.77. The topological polar surface area (TPSA) is 46.5 Å². The summed E-state index contributed by atoms with van der Waals surface area (Å²) < 4.78 is 5.92. The Balaban J connectivity index is 2.98. The molecule has 3 nitrogen and oxygen atoms in total. The molecule has 0 bridgehead atoms. The maximum absolute atomic E-state index is 10.6. The highest BCUT2D eigenvalue weighted by molar-refractivity contribution is 9.10. The Morgan fingerprint density at radius 3 is 2.80 bits per heavy atom. The van der Waals surface area contributed by atoms with E-state index in [-0.39, 0.29) is 6.42 Å². The van der Waals surface area contributed by atoms with Crippen molar-refractivity contribution in [3.63, 3.8) is 0 Å². The molecule has 1 aromatic carbocycles. The average Bonchev–Trinajstić information content (AvgIpc) is 2.21. The molecule has 0 aliphatic rings. The molecule has 0 radical (unpaired) electrons. The maximum atomic E-state index is 10.6. The molecular weight excluding hydrogens is 260 g/mol. The van der Waals surface area contributed by atoms with Crippen LogP contribution < -0.4 is 4.74 Å². The second-order valence-corrected chi connectivity index (χ2v) is 4.46. The van der Waals surface area contributed by atoms with Crippen LogP contribution in [0, 0.1) is 0 Å². The Kier molecular flexibility index (Phi) is 3.88. The van der Waals surface area contributed by atoms with E-state index in [0.29, 0.717) is 12.0 Å². The highest BCUT2D eigenvalue weighted by atomic mass is 79.9. The Hall–Kier alpha value is -0.870. The fourth-order valence-corrected chi connectivity index (χ4v) is 1.63. The van der Waals surface area contributed by atoms with Gasteiger partial charge in [-0.2, -0.15) is 0 Å². The highest BCUT2D eigenvalue weighted by Gasteiger charge is 2.21. The van der Waals surface area contributed by atoms with E-state index in [1.807, 2.05) is 12.1 Å². The molecule has 1 aromatic rings.